The molecule has 3 atom stereocenters. The number of halogens is 1. The van der Waals surface area contributed by atoms with Crippen LogP contribution in [0, 0.1) is 28.1 Å². The van der Waals surface area contributed by atoms with Crippen LogP contribution in [0.15, 0.2) is 91.5 Å². The molecule has 0 aliphatic rings. The van der Waals surface area contributed by atoms with Crippen LogP contribution in [0.1, 0.15) is 55.0 Å². The Labute approximate surface area is 229 Å². The number of rotatable bonds is 9. The van der Waals surface area contributed by atoms with Gasteiger partial charge in [-0.2, -0.15) is 10.5 Å². The standard InChI is InChI=1S/C32H30ClN5/c1-22(30(15-23-10-12-29(33)13-11-23)26-8-4-6-24(14-26)17-34)38-31(32(2,3)20-35)27-9-5-7-25(16-27)28-18-36-21-37-19-28/h4-14,16,18-19,21-22,30-31,38H,15H2,1-3H3/t22?,30?,31-/m0/s1. The monoisotopic (exact) mass is 519 g/mol. The minimum Gasteiger partial charge on any atom is -0.305 e. The van der Waals surface area contributed by atoms with E-state index in [9.17, 15) is 10.5 Å². The summed E-state index contributed by atoms with van der Waals surface area (Å²) in [5.41, 5.74) is 5.09. The van der Waals surface area contributed by atoms with Crippen LogP contribution < -0.4 is 5.32 Å². The number of nitriles is 2. The van der Waals surface area contributed by atoms with Crippen LogP contribution in [0.2, 0.25) is 5.02 Å². The molecule has 2 unspecified atom stereocenters. The molecule has 0 aliphatic carbocycles. The fourth-order valence-corrected chi connectivity index (χ4v) is 4.93. The molecule has 1 aromatic heterocycles. The van der Waals surface area contributed by atoms with Crippen molar-refractivity contribution in [3.05, 3.63) is 119 Å². The Hall–Kier alpha value is -4.03. The fraction of sp³-hybridized carbons (Fsp3) is 0.250. The van der Waals surface area contributed by atoms with Crippen LogP contribution in [-0.4, -0.2) is 16.0 Å². The van der Waals surface area contributed by atoms with E-state index < -0.39 is 5.41 Å². The van der Waals surface area contributed by atoms with Crippen molar-refractivity contribution in [2.75, 3.05) is 0 Å². The van der Waals surface area contributed by atoms with Gasteiger partial charge in [0.15, 0.2) is 0 Å². The molecule has 3 aromatic carbocycles. The van der Waals surface area contributed by atoms with E-state index in [1.807, 2.05) is 68.4 Å². The highest BCUT2D eigenvalue weighted by atomic mass is 35.5. The minimum atomic E-state index is -0.695. The molecular weight excluding hydrogens is 490 g/mol. The molecule has 5 nitrogen and oxygen atoms in total. The molecule has 4 aromatic rings. The summed E-state index contributed by atoms with van der Waals surface area (Å²) in [6.07, 6.45) is 5.84. The number of nitrogens with one attached hydrogen (secondary N) is 1. The van der Waals surface area contributed by atoms with E-state index >= 15 is 0 Å². The van der Waals surface area contributed by atoms with Gasteiger partial charge in [-0.3, -0.25) is 0 Å². The summed E-state index contributed by atoms with van der Waals surface area (Å²) < 4.78 is 0. The summed E-state index contributed by atoms with van der Waals surface area (Å²) in [5.74, 6) is 0.0483. The smallest absolute Gasteiger partial charge is 0.115 e. The molecule has 0 aliphatic heterocycles. The lowest BCUT2D eigenvalue weighted by atomic mass is 9.79. The summed E-state index contributed by atoms with van der Waals surface area (Å²) in [6, 6.07) is 28.3. The first-order chi connectivity index (χ1) is 18.3. The largest absolute Gasteiger partial charge is 0.305 e. The molecule has 1 N–H and O–H groups in total. The van der Waals surface area contributed by atoms with E-state index in [1.165, 1.54) is 6.33 Å². The molecule has 4 rings (SSSR count). The summed E-state index contributed by atoms with van der Waals surface area (Å²) in [5, 5.41) is 24.2. The van der Waals surface area contributed by atoms with Crippen molar-refractivity contribution in [3.63, 3.8) is 0 Å². The molecule has 0 bridgehead atoms. The van der Waals surface area contributed by atoms with Gasteiger partial charge in [0.1, 0.15) is 6.33 Å². The van der Waals surface area contributed by atoms with E-state index in [-0.39, 0.29) is 18.0 Å². The molecule has 1 heterocycles. The quantitative estimate of drug-likeness (QED) is 0.251. The van der Waals surface area contributed by atoms with Crippen LogP contribution in [0.25, 0.3) is 11.1 Å². The zero-order chi connectivity index (χ0) is 27.1. The normalized spacial score (nSPS) is 13.6. The van der Waals surface area contributed by atoms with Gasteiger partial charge in [-0.05, 0) is 79.8 Å². The Bertz CT molecular complexity index is 1450. The Kier molecular flexibility index (Phi) is 8.54. The van der Waals surface area contributed by atoms with Gasteiger partial charge in [-0.15, -0.1) is 0 Å². The number of benzene rings is 3. The Morgan fingerprint density at radius 1 is 0.895 bits per heavy atom. The van der Waals surface area contributed by atoms with Crippen LogP contribution in [-0.2, 0) is 6.42 Å². The highest BCUT2D eigenvalue weighted by molar-refractivity contribution is 6.30. The van der Waals surface area contributed by atoms with Crippen molar-refractivity contribution in [1.29, 1.82) is 10.5 Å². The molecule has 0 saturated carbocycles. The zero-order valence-corrected chi connectivity index (χ0v) is 22.5. The van der Waals surface area contributed by atoms with Crippen molar-refractivity contribution in [2.24, 2.45) is 5.41 Å². The van der Waals surface area contributed by atoms with Gasteiger partial charge >= 0.3 is 0 Å². The molecule has 6 heteroatoms. The molecule has 190 valence electrons. The first-order valence-electron chi connectivity index (χ1n) is 12.6. The maximum Gasteiger partial charge on any atom is 0.115 e. The molecule has 0 fully saturated rings. The van der Waals surface area contributed by atoms with E-state index in [2.05, 4.69) is 52.5 Å². The van der Waals surface area contributed by atoms with Crippen molar-refractivity contribution in [1.82, 2.24) is 15.3 Å². The first-order valence-corrected chi connectivity index (χ1v) is 13.0. The van der Waals surface area contributed by atoms with Gasteiger partial charge in [0.05, 0.1) is 29.2 Å². The molecule has 38 heavy (non-hydrogen) atoms. The summed E-state index contributed by atoms with van der Waals surface area (Å²) >= 11 is 6.14. The van der Waals surface area contributed by atoms with Crippen molar-refractivity contribution >= 4 is 11.6 Å². The summed E-state index contributed by atoms with van der Waals surface area (Å²) in [7, 11) is 0. The van der Waals surface area contributed by atoms with E-state index in [0.717, 1.165) is 34.2 Å². The van der Waals surface area contributed by atoms with Crippen molar-refractivity contribution in [3.8, 4) is 23.3 Å². The van der Waals surface area contributed by atoms with Crippen LogP contribution in [0.5, 0.6) is 0 Å². The van der Waals surface area contributed by atoms with Crippen LogP contribution in [0.3, 0.4) is 0 Å². The highest BCUT2D eigenvalue weighted by Gasteiger charge is 2.34. The molecule has 0 radical (unpaired) electrons. The summed E-state index contributed by atoms with van der Waals surface area (Å²) in [4.78, 5) is 8.31. The maximum atomic E-state index is 10.2. The van der Waals surface area contributed by atoms with Crippen molar-refractivity contribution < 1.29 is 0 Å². The Balaban J connectivity index is 1.71. The molecular formula is C32H30ClN5. The van der Waals surface area contributed by atoms with Gasteiger partial charge in [0.25, 0.3) is 0 Å². The number of hydrogen-bond acceptors (Lipinski definition) is 5. The van der Waals surface area contributed by atoms with Gasteiger partial charge < -0.3 is 5.32 Å². The van der Waals surface area contributed by atoms with Gasteiger partial charge in [0, 0.05) is 34.9 Å². The Morgan fingerprint density at radius 2 is 1.58 bits per heavy atom. The SMILES string of the molecule is CC(N[C@@H](c1cccc(-c2cncnc2)c1)C(C)(C)C#N)C(Cc1ccc(Cl)cc1)c1cccc(C#N)c1. The maximum absolute atomic E-state index is 10.2. The minimum absolute atomic E-state index is 0.0269. The van der Waals surface area contributed by atoms with E-state index in [0.29, 0.717) is 10.6 Å². The second-order valence-electron chi connectivity index (χ2n) is 10.1. The van der Waals surface area contributed by atoms with Crippen LogP contribution >= 0.6 is 11.6 Å². The Morgan fingerprint density at radius 3 is 2.26 bits per heavy atom. The topological polar surface area (TPSA) is 85.4 Å². The fourth-order valence-electron chi connectivity index (χ4n) is 4.81. The lowest BCUT2D eigenvalue weighted by Gasteiger charge is -2.36. The lowest BCUT2D eigenvalue weighted by molar-refractivity contribution is 0.281. The van der Waals surface area contributed by atoms with Gasteiger partial charge in [-0.25, -0.2) is 9.97 Å². The predicted molar refractivity (Wildman–Crippen MR) is 151 cm³/mol. The van der Waals surface area contributed by atoms with Crippen molar-refractivity contribution in [2.45, 2.75) is 45.2 Å². The third-order valence-corrected chi connectivity index (χ3v) is 7.22. The highest BCUT2D eigenvalue weighted by Crippen LogP contribution is 2.37. The second-order valence-corrected chi connectivity index (χ2v) is 10.6. The van der Waals surface area contributed by atoms with Crippen LogP contribution in [0.4, 0.5) is 0 Å². The molecule has 0 spiro atoms. The van der Waals surface area contributed by atoms with E-state index in [1.54, 1.807) is 12.4 Å². The average molecular weight is 520 g/mol. The second kappa shape index (κ2) is 12.0. The molecule has 0 amide bonds. The first kappa shape index (κ1) is 27.0. The lowest BCUT2D eigenvalue weighted by Crippen LogP contribution is -2.42. The third-order valence-electron chi connectivity index (χ3n) is 6.97. The number of nitrogens with zero attached hydrogens (tertiary/aromatic N) is 4. The average Bonchev–Trinajstić information content (AvgIpc) is 2.96. The summed E-state index contributed by atoms with van der Waals surface area (Å²) in [6.45, 7) is 6.06. The zero-order valence-electron chi connectivity index (χ0n) is 21.8. The van der Waals surface area contributed by atoms with E-state index in [4.69, 9.17) is 11.6 Å². The number of aromatic nitrogens is 2. The van der Waals surface area contributed by atoms with Gasteiger partial charge in [-0.1, -0.05) is 54.1 Å². The number of hydrogen-bond donors (Lipinski definition) is 1. The predicted octanol–water partition coefficient (Wildman–Crippen LogP) is 7.26. The van der Waals surface area contributed by atoms with Gasteiger partial charge in [0.2, 0.25) is 0 Å². The third kappa shape index (κ3) is 6.45. The molecule has 0 saturated heterocycles.